The molecule has 0 aliphatic heterocycles. The maximum atomic E-state index is 10.9. The van der Waals surface area contributed by atoms with Crippen LogP contribution in [-0.4, -0.2) is 28.9 Å². The van der Waals surface area contributed by atoms with Gasteiger partial charge in [-0.15, -0.1) is 0 Å². The summed E-state index contributed by atoms with van der Waals surface area (Å²) < 4.78 is 33.3. The summed E-state index contributed by atoms with van der Waals surface area (Å²) in [5.74, 6) is 1.39. The van der Waals surface area contributed by atoms with Gasteiger partial charge >= 0.3 is 0 Å². The van der Waals surface area contributed by atoms with Gasteiger partial charge in [0.2, 0.25) is 0 Å². The Morgan fingerprint density at radius 2 is 1.67 bits per heavy atom. The van der Waals surface area contributed by atoms with E-state index in [2.05, 4.69) is 15.1 Å². The van der Waals surface area contributed by atoms with Crippen LogP contribution in [0.2, 0.25) is 0 Å². The zero-order valence-electron chi connectivity index (χ0n) is 19.9. The molecule has 0 aliphatic carbocycles. The molecular formula is C26H23N4O4S2-. The molecule has 0 radical (unpaired) electrons. The number of fused-ring (bicyclic) bond motifs is 1. The molecular weight excluding hydrogens is 496 g/mol. The quantitative estimate of drug-likeness (QED) is 0.228. The first-order valence-corrected chi connectivity index (χ1v) is 13.4. The van der Waals surface area contributed by atoms with Crippen LogP contribution in [0.5, 0.6) is 5.19 Å². The van der Waals surface area contributed by atoms with E-state index in [9.17, 15) is 8.76 Å². The second kappa shape index (κ2) is 10.3. The highest BCUT2D eigenvalue weighted by Gasteiger charge is 2.15. The maximum absolute atomic E-state index is 10.9. The average Bonchev–Trinajstić information content (AvgIpc) is 3.51. The van der Waals surface area contributed by atoms with Gasteiger partial charge in [0.05, 0.1) is 5.69 Å². The van der Waals surface area contributed by atoms with Crippen molar-refractivity contribution in [2.75, 3.05) is 0 Å². The van der Waals surface area contributed by atoms with Gasteiger partial charge in [-0.1, -0.05) is 77.8 Å². The fraction of sp³-hybridized carbons (Fsp3) is 0.231. The van der Waals surface area contributed by atoms with Crippen molar-refractivity contribution in [2.24, 2.45) is 0 Å². The van der Waals surface area contributed by atoms with Gasteiger partial charge in [0, 0.05) is 22.8 Å². The van der Waals surface area contributed by atoms with Gasteiger partial charge in [-0.2, -0.15) is 4.98 Å². The average molecular weight is 520 g/mol. The third-order valence-electron chi connectivity index (χ3n) is 5.63. The first-order chi connectivity index (χ1) is 17.4. The van der Waals surface area contributed by atoms with Crippen LogP contribution in [0.15, 0.2) is 65.2 Å². The molecule has 36 heavy (non-hydrogen) atoms. The molecule has 2 aromatic carbocycles. The van der Waals surface area contributed by atoms with Crippen LogP contribution in [-0.2, 0) is 16.8 Å². The number of aromatic nitrogens is 4. The SMILES string of the molecule is CC(C)c1noc(-c2ccc(C(C)Oc3nc4ccc(-c5ccc(CS(=O)[O-])cc5)nc4s3)cc2)n1. The van der Waals surface area contributed by atoms with Crippen molar-refractivity contribution in [3.05, 3.63) is 77.6 Å². The normalized spacial score (nSPS) is 13.2. The van der Waals surface area contributed by atoms with E-state index in [4.69, 9.17) is 14.2 Å². The number of nitrogens with zero attached hydrogens (tertiary/aromatic N) is 4. The molecule has 3 aromatic heterocycles. The lowest BCUT2D eigenvalue weighted by Crippen LogP contribution is -2.02. The first-order valence-electron chi connectivity index (χ1n) is 11.4. The number of hydrogen-bond acceptors (Lipinski definition) is 9. The van der Waals surface area contributed by atoms with E-state index in [1.165, 1.54) is 11.3 Å². The number of thiazole rings is 1. The molecule has 0 aliphatic rings. The summed E-state index contributed by atoms with van der Waals surface area (Å²) in [4.78, 5) is 14.5. The number of hydrogen-bond donors (Lipinski definition) is 0. The topological polar surface area (TPSA) is 114 Å². The third kappa shape index (κ3) is 5.35. The zero-order chi connectivity index (χ0) is 25.2. The van der Waals surface area contributed by atoms with Crippen molar-refractivity contribution < 1.29 is 18.0 Å². The lowest BCUT2D eigenvalue weighted by atomic mass is 10.1. The van der Waals surface area contributed by atoms with Crippen molar-refractivity contribution in [1.82, 2.24) is 20.1 Å². The minimum atomic E-state index is -2.11. The summed E-state index contributed by atoms with van der Waals surface area (Å²) in [6.45, 7) is 6.02. The second-order valence-electron chi connectivity index (χ2n) is 8.64. The molecule has 8 nitrogen and oxygen atoms in total. The van der Waals surface area contributed by atoms with Gasteiger partial charge in [-0.3, -0.25) is 4.21 Å². The molecule has 0 fully saturated rings. The van der Waals surface area contributed by atoms with Crippen molar-refractivity contribution in [2.45, 2.75) is 38.5 Å². The predicted octanol–water partition coefficient (Wildman–Crippen LogP) is 6.05. The van der Waals surface area contributed by atoms with Crippen LogP contribution in [0, 0.1) is 0 Å². The first kappa shape index (κ1) is 24.2. The summed E-state index contributed by atoms with van der Waals surface area (Å²) in [5, 5.41) is 4.56. The molecule has 0 spiro atoms. The van der Waals surface area contributed by atoms with Crippen LogP contribution >= 0.6 is 11.3 Å². The molecule has 0 saturated carbocycles. The molecule has 0 bridgehead atoms. The Bertz CT molecular complexity index is 1510. The van der Waals surface area contributed by atoms with Crippen LogP contribution in [0.3, 0.4) is 0 Å². The Kier molecular flexibility index (Phi) is 6.90. The number of ether oxygens (including phenoxy) is 1. The van der Waals surface area contributed by atoms with Crippen LogP contribution in [0.4, 0.5) is 0 Å². The smallest absolute Gasteiger partial charge is 0.276 e. The van der Waals surface area contributed by atoms with E-state index in [1.54, 1.807) is 12.1 Å². The Labute approximate surface area is 214 Å². The summed E-state index contributed by atoms with van der Waals surface area (Å²) in [6.07, 6.45) is -0.216. The molecule has 184 valence electrons. The van der Waals surface area contributed by atoms with Crippen LogP contribution < -0.4 is 4.74 Å². The van der Waals surface area contributed by atoms with E-state index in [0.29, 0.717) is 16.9 Å². The molecule has 3 heterocycles. The lowest BCUT2D eigenvalue weighted by Gasteiger charge is -2.12. The summed E-state index contributed by atoms with van der Waals surface area (Å²) in [6, 6.07) is 19.0. The summed E-state index contributed by atoms with van der Waals surface area (Å²) in [5.41, 5.74) is 5.05. The predicted molar refractivity (Wildman–Crippen MR) is 138 cm³/mol. The van der Waals surface area contributed by atoms with E-state index < -0.39 is 11.1 Å². The van der Waals surface area contributed by atoms with Gasteiger partial charge in [-0.05, 0) is 42.3 Å². The summed E-state index contributed by atoms with van der Waals surface area (Å²) >= 11 is -0.722. The van der Waals surface area contributed by atoms with Gasteiger partial charge in [-0.25, -0.2) is 9.97 Å². The van der Waals surface area contributed by atoms with Crippen molar-refractivity contribution in [3.63, 3.8) is 0 Å². The van der Waals surface area contributed by atoms with Crippen molar-refractivity contribution in [3.8, 4) is 27.9 Å². The van der Waals surface area contributed by atoms with E-state index >= 15 is 0 Å². The van der Waals surface area contributed by atoms with Gasteiger partial charge in [0.1, 0.15) is 16.5 Å². The fourth-order valence-electron chi connectivity index (χ4n) is 3.62. The highest BCUT2D eigenvalue weighted by Crippen LogP contribution is 2.32. The molecule has 0 amide bonds. The van der Waals surface area contributed by atoms with Gasteiger partial charge in [0.25, 0.3) is 11.1 Å². The highest BCUT2D eigenvalue weighted by atomic mass is 32.2. The molecule has 2 unspecified atom stereocenters. The van der Waals surface area contributed by atoms with Crippen LogP contribution in [0.1, 0.15) is 49.7 Å². The monoisotopic (exact) mass is 519 g/mol. The highest BCUT2D eigenvalue weighted by molar-refractivity contribution is 7.78. The fourth-order valence-corrected chi connectivity index (χ4v) is 4.95. The zero-order valence-corrected chi connectivity index (χ0v) is 21.5. The maximum Gasteiger partial charge on any atom is 0.276 e. The van der Waals surface area contributed by atoms with Crippen molar-refractivity contribution >= 4 is 32.8 Å². The Morgan fingerprint density at radius 3 is 2.33 bits per heavy atom. The van der Waals surface area contributed by atoms with E-state index in [0.717, 1.165) is 38.3 Å². The number of benzene rings is 2. The van der Waals surface area contributed by atoms with Gasteiger partial charge < -0.3 is 13.8 Å². The third-order valence-corrected chi connectivity index (χ3v) is 7.06. The van der Waals surface area contributed by atoms with Crippen LogP contribution in [0.25, 0.3) is 33.1 Å². The standard InChI is InChI=1S/C26H24N4O4S2/c1-15(2)23-29-24(34-30-23)20-10-8-18(9-11-20)16(3)33-26-28-22-13-12-21(27-25(22)35-26)19-6-4-17(5-7-19)14-36(31)32/h4-13,15-16H,14H2,1-3H3,(H,31,32)/p-1. The van der Waals surface area contributed by atoms with E-state index in [1.807, 2.05) is 69.3 Å². The molecule has 10 heteroatoms. The molecule has 0 N–H and O–H groups in total. The van der Waals surface area contributed by atoms with Crippen molar-refractivity contribution in [1.29, 1.82) is 0 Å². The number of pyridine rings is 1. The molecule has 5 rings (SSSR count). The number of rotatable bonds is 8. The molecule has 5 aromatic rings. The second-order valence-corrected chi connectivity index (χ2v) is 10.5. The molecule has 2 atom stereocenters. The Hall–Kier alpha value is -3.47. The minimum Gasteiger partial charge on any atom is -0.772 e. The Balaban J connectivity index is 1.29. The Morgan fingerprint density at radius 1 is 0.944 bits per heavy atom. The van der Waals surface area contributed by atoms with Gasteiger partial charge in [0.15, 0.2) is 5.82 Å². The largest absolute Gasteiger partial charge is 0.772 e. The van der Waals surface area contributed by atoms with E-state index in [-0.39, 0.29) is 17.8 Å². The molecule has 0 saturated heterocycles. The minimum absolute atomic E-state index is 0.000785. The summed E-state index contributed by atoms with van der Waals surface area (Å²) in [7, 11) is 0. The lowest BCUT2D eigenvalue weighted by molar-refractivity contribution is 0.226.